The van der Waals surface area contributed by atoms with Gasteiger partial charge in [-0.15, -0.1) is 0 Å². The summed E-state index contributed by atoms with van der Waals surface area (Å²) >= 11 is 2.55. The number of aromatic hydroxyl groups is 2. The molecule has 0 aliphatic rings. The van der Waals surface area contributed by atoms with E-state index in [9.17, 15) is 20.3 Å². The van der Waals surface area contributed by atoms with Crippen LogP contribution < -0.4 is 5.32 Å². The van der Waals surface area contributed by atoms with Gasteiger partial charge >= 0.3 is 0 Å². The fourth-order valence-electron chi connectivity index (χ4n) is 1.67. The first-order chi connectivity index (χ1) is 11.9. The zero-order valence-corrected chi connectivity index (χ0v) is 15.2. The second-order valence-electron chi connectivity index (χ2n) is 5.46. The topological polar surface area (TPSA) is 119 Å². The number of hydrogen-bond donors (Lipinski definition) is 3. The Morgan fingerprint density at radius 3 is 2.84 bits per heavy atom. The first-order valence-electron chi connectivity index (χ1n) is 7.30. The van der Waals surface area contributed by atoms with Crippen LogP contribution in [0.4, 0.5) is 5.13 Å². The molecule has 0 aliphatic carbocycles. The molecule has 0 aliphatic heterocycles. The first-order valence-corrected chi connectivity index (χ1v) is 9.06. The van der Waals surface area contributed by atoms with E-state index in [1.807, 2.05) is 6.07 Å². The molecule has 9 heteroatoms. The second-order valence-corrected chi connectivity index (χ2v) is 7.20. The van der Waals surface area contributed by atoms with Gasteiger partial charge in [-0.1, -0.05) is 31.7 Å². The second kappa shape index (κ2) is 8.50. The minimum absolute atomic E-state index is 0.156. The summed E-state index contributed by atoms with van der Waals surface area (Å²) in [6.45, 7) is 4.18. The van der Waals surface area contributed by atoms with Crippen LogP contribution in [-0.2, 0) is 4.79 Å². The van der Waals surface area contributed by atoms with Gasteiger partial charge in [0.1, 0.15) is 11.6 Å². The Labute approximate surface area is 153 Å². The Kier molecular flexibility index (Phi) is 6.38. The average molecular weight is 376 g/mol. The van der Waals surface area contributed by atoms with E-state index in [1.54, 1.807) is 0 Å². The highest BCUT2D eigenvalue weighted by molar-refractivity contribution is 7.99. The number of nitrogens with zero attached hydrogens (tertiary/aromatic N) is 3. The number of aromatic nitrogens is 2. The molecule has 7 nitrogen and oxygen atoms in total. The molecule has 0 atom stereocenters. The fraction of sp³-hybridized carbons (Fsp3) is 0.250. The molecule has 0 unspecified atom stereocenters. The molecule has 1 aromatic carbocycles. The number of phenols is 2. The van der Waals surface area contributed by atoms with Gasteiger partial charge in [-0.05, 0) is 29.7 Å². The lowest BCUT2D eigenvalue weighted by molar-refractivity contribution is -0.112. The van der Waals surface area contributed by atoms with Gasteiger partial charge in [0.05, 0.1) is 0 Å². The molecule has 130 valence electrons. The maximum atomic E-state index is 12.2. The number of carbonyl (C=O) groups is 1. The number of phenolic OH excluding ortho intramolecular Hbond substituents is 2. The number of carbonyl (C=O) groups excluding carboxylic acids is 1. The number of nitriles is 1. The number of hydrogen-bond acceptors (Lipinski definition) is 8. The normalized spacial score (nSPS) is 11.4. The van der Waals surface area contributed by atoms with Gasteiger partial charge < -0.3 is 10.2 Å². The Hall–Kier alpha value is -2.57. The Morgan fingerprint density at radius 1 is 1.44 bits per heavy atom. The third-order valence-corrected chi connectivity index (χ3v) is 4.87. The van der Waals surface area contributed by atoms with E-state index in [1.165, 1.54) is 36.0 Å². The van der Waals surface area contributed by atoms with Crippen molar-refractivity contribution >= 4 is 40.4 Å². The summed E-state index contributed by atoms with van der Waals surface area (Å²) < 4.78 is 4.15. The quantitative estimate of drug-likeness (QED) is 0.306. The molecule has 0 fully saturated rings. The van der Waals surface area contributed by atoms with Crippen molar-refractivity contribution in [2.24, 2.45) is 5.92 Å². The molecule has 0 radical (unpaired) electrons. The standard InChI is InChI=1S/C16H16N4O3S2/c1-9(2)8-24-16-19-15(25-20-16)18-14(23)11(7-17)5-10-3-4-12(21)13(22)6-10/h3-6,9,21-22H,8H2,1-2H3,(H,18,19,20,23). The summed E-state index contributed by atoms with van der Waals surface area (Å²) in [5.41, 5.74) is 0.254. The summed E-state index contributed by atoms with van der Waals surface area (Å²) in [5, 5.41) is 31.4. The van der Waals surface area contributed by atoms with Crippen molar-refractivity contribution < 1.29 is 15.0 Å². The van der Waals surface area contributed by atoms with E-state index in [0.29, 0.717) is 21.8 Å². The molecule has 0 bridgehead atoms. The summed E-state index contributed by atoms with van der Waals surface area (Å²) in [7, 11) is 0. The monoisotopic (exact) mass is 376 g/mol. The minimum atomic E-state index is -0.619. The third kappa shape index (κ3) is 5.48. The van der Waals surface area contributed by atoms with Crippen LogP contribution in [0.25, 0.3) is 6.08 Å². The minimum Gasteiger partial charge on any atom is -0.504 e. The molecule has 0 spiro atoms. The van der Waals surface area contributed by atoms with Crippen molar-refractivity contribution in [3.63, 3.8) is 0 Å². The first kappa shape index (κ1) is 18.8. The van der Waals surface area contributed by atoms with Crippen molar-refractivity contribution in [2.45, 2.75) is 19.0 Å². The number of thioether (sulfide) groups is 1. The van der Waals surface area contributed by atoms with Crippen molar-refractivity contribution in [3.8, 4) is 17.6 Å². The highest BCUT2D eigenvalue weighted by Gasteiger charge is 2.13. The molecule has 1 aromatic heterocycles. The lowest BCUT2D eigenvalue weighted by Crippen LogP contribution is -2.13. The van der Waals surface area contributed by atoms with Crippen LogP contribution in [0.5, 0.6) is 11.5 Å². The number of anilines is 1. The summed E-state index contributed by atoms with van der Waals surface area (Å²) in [5.74, 6) is 0.147. The predicted molar refractivity (Wildman–Crippen MR) is 97.5 cm³/mol. The maximum absolute atomic E-state index is 12.2. The summed E-state index contributed by atoms with van der Waals surface area (Å²) in [6.07, 6.45) is 1.31. The van der Waals surface area contributed by atoms with Gasteiger partial charge in [-0.3, -0.25) is 10.1 Å². The average Bonchev–Trinajstić information content (AvgIpc) is 3.01. The van der Waals surface area contributed by atoms with Gasteiger partial charge in [-0.2, -0.15) is 14.6 Å². The molecule has 1 heterocycles. The number of benzene rings is 1. The van der Waals surface area contributed by atoms with Crippen LogP contribution in [0, 0.1) is 17.2 Å². The van der Waals surface area contributed by atoms with E-state index >= 15 is 0 Å². The summed E-state index contributed by atoms with van der Waals surface area (Å²) in [4.78, 5) is 16.4. The highest BCUT2D eigenvalue weighted by Crippen LogP contribution is 2.26. The van der Waals surface area contributed by atoms with E-state index in [-0.39, 0.29) is 17.1 Å². The molecule has 0 saturated carbocycles. The Balaban J connectivity index is 2.08. The number of rotatable bonds is 6. The molecular weight excluding hydrogens is 360 g/mol. The lowest BCUT2D eigenvalue weighted by atomic mass is 10.1. The van der Waals surface area contributed by atoms with Crippen LogP contribution in [0.2, 0.25) is 0 Å². The molecular formula is C16H16N4O3S2. The number of nitrogens with one attached hydrogen (secondary N) is 1. The maximum Gasteiger partial charge on any atom is 0.268 e. The SMILES string of the molecule is CC(C)CSc1nsc(NC(=O)C(C#N)=Cc2ccc(O)c(O)c2)n1. The van der Waals surface area contributed by atoms with Crippen molar-refractivity contribution in [1.82, 2.24) is 9.36 Å². The van der Waals surface area contributed by atoms with Crippen LogP contribution in [-0.4, -0.2) is 31.2 Å². The molecule has 2 aromatic rings. The van der Waals surface area contributed by atoms with Gasteiger partial charge in [-0.25, -0.2) is 0 Å². The van der Waals surface area contributed by atoms with Crippen LogP contribution >= 0.6 is 23.3 Å². The predicted octanol–water partition coefficient (Wildman–Crippen LogP) is 3.24. The zero-order chi connectivity index (χ0) is 18.4. The third-order valence-electron chi connectivity index (χ3n) is 2.85. The van der Waals surface area contributed by atoms with E-state index in [4.69, 9.17) is 0 Å². The van der Waals surface area contributed by atoms with Crippen LogP contribution in [0.3, 0.4) is 0 Å². The Bertz CT molecular complexity index is 840. The van der Waals surface area contributed by atoms with Crippen LogP contribution in [0.1, 0.15) is 19.4 Å². The van der Waals surface area contributed by atoms with Gasteiger partial charge in [0.2, 0.25) is 10.3 Å². The fourth-order valence-corrected chi connectivity index (χ4v) is 3.16. The largest absolute Gasteiger partial charge is 0.504 e. The van der Waals surface area contributed by atoms with E-state index in [2.05, 4.69) is 28.5 Å². The zero-order valence-electron chi connectivity index (χ0n) is 13.6. The van der Waals surface area contributed by atoms with E-state index < -0.39 is 5.91 Å². The summed E-state index contributed by atoms with van der Waals surface area (Å²) in [6, 6.07) is 5.82. The van der Waals surface area contributed by atoms with E-state index in [0.717, 1.165) is 17.3 Å². The van der Waals surface area contributed by atoms with Crippen LogP contribution in [0.15, 0.2) is 28.9 Å². The Morgan fingerprint density at radius 2 is 2.20 bits per heavy atom. The number of amides is 1. The van der Waals surface area contributed by atoms with Gasteiger partial charge in [0, 0.05) is 17.3 Å². The molecule has 3 N–H and O–H groups in total. The van der Waals surface area contributed by atoms with Gasteiger partial charge in [0.25, 0.3) is 5.91 Å². The van der Waals surface area contributed by atoms with Crippen molar-refractivity contribution in [3.05, 3.63) is 29.3 Å². The van der Waals surface area contributed by atoms with Gasteiger partial charge in [0.15, 0.2) is 11.5 Å². The molecule has 25 heavy (non-hydrogen) atoms. The molecule has 0 saturated heterocycles. The molecule has 2 rings (SSSR count). The lowest BCUT2D eigenvalue weighted by Gasteiger charge is -2.02. The van der Waals surface area contributed by atoms with Crippen molar-refractivity contribution in [1.29, 1.82) is 5.26 Å². The highest BCUT2D eigenvalue weighted by atomic mass is 32.2. The van der Waals surface area contributed by atoms with Crippen molar-refractivity contribution in [2.75, 3.05) is 11.1 Å². The smallest absolute Gasteiger partial charge is 0.268 e. The molecule has 1 amide bonds.